The molecule has 0 spiro atoms. The van der Waals surface area contributed by atoms with Gasteiger partial charge < -0.3 is 20.4 Å². The van der Waals surface area contributed by atoms with E-state index >= 15 is 0 Å². The Labute approximate surface area is 223 Å². The van der Waals surface area contributed by atoms with Crippen LogP contribution in [0.15, 0.2) is 29.6 Å². The Morgan fingerprint density at radius 3 is 2.35 bits per heavy atom. The first-order chi connectivity index (χ1) is 17.6. The van der Waals surface area contributed by atoms with Crippen molar-refractivity contribution >= 4 is 34.2 Å². The zero-order valence-electron chi connectivity index (χ0n) is 22.6. The Kier molecular flexibility index (Phi) is 12.7. The molecular weight excluding hydrogens is 493 g/mol. The van der Waals surface area contributed by atoms with Crippen molar-refractivity contribution in [3.8, 4) is 0 Å². The van der Waals surface area contributed by atoms with E-state index in [-0.39, 0.29) is 42.6 Å². The molecule has 0 aliphatic rings. The van der Waals surface area contributed by atoms with Crippen molar-refractivity contribution in [1.29, 1.82) is 0 Å². The van der Waals surface area contributed by atoms with Crippen molar-refractivity contribution in [2.45, 2.75) is 59.9 Å². The van der Waals surface area contributed by atoms with E-state index in [2.05, 4.69) is 34.4 Å². The van der Waals surface area contributed by atoms with E-state index in [4.69, 9.17) is 0 Å². The molecule has 1 atom stereocenters. The second kappa shape index (κ2) is 15.4. The van der Waals surface area contributed by atoms with Gasteiger partial charge in [0.25, 0.3) is 5.91 Å². The molecule has 1 unspecified atom stereocenters. The van der Waals surface area contributed by atoms with Gasteiger partial charge in [0.2, 0.25) is 11.8 Å². The molecule has 2 rings (SSSR count). The summed E-state index contributed by atoms with van der Waals surface area (Å²) in [5.41, 5.74) is 0.897. The van der Waals surface area contributed by atoms with Crippen LogP contribution in [0.4, 0.5) is 9.52 Å². The second-order valence-electron chi connectivity index (χ2n) is 9.59. The minimum absolute atomic E-state index is 0.0754. The predicted molar refractivity (Wildman–Crippen MR) is 146 cm³/mol. The fraction of sp³-hybridized carbons (Fsp3) is 0.556. The summed E-state index contributed by atoms with van der Waals surface area (Å²) in [6.45, 7) is 13.5. The number of hydrogen-bond donors (Lipinski definition) is 2. The van der Waals surface area contributed by atoms with E-state index in [1.54, 1.807) is 5.38 Å². The van der Waals surface area contributed by atoms with Crippen molar-refractivity contribution in [1.82, 2.24) is 20.1 Å². The molecule has 0 aliphatic heterocycles. The van der Waals surface area contributed by atoms with Crippen molar-refractivity contribution in [2.24, 2.45) is 5.92 Å². The molecule has 37 heavy (non-hydrogen) atoms. The maximum absolute atomic E-state index is 13.2. The average Bonchev–Trinajstić information content (AvgIpc) is 3.27. The fourth-order valence-corrected chi connectivity index (χ4v) is 4.66. The SMILES string of the molecule is CCN(CC)CCCC(C)NC(=O)Cc1csc(NC(=O)CN(CC(C)C)C(=O)c2ccc(F)cc2)n1. The number of nitrogens with one attached hydrogen (secondary N) is 2. The number of anilines is 1. The van der Waals surface area contributed by atoms with E-state index in [0.29, 0.717) is 22.9 Å². The van der Waals surface area contributed by atoms with Gasteiger partial charge in [-0.1, -0.05) is 27.7 Å². The van der Waals surface area contributed by atoms with Crippen molar-refractivity contribution < 1.29 is 18.8 Å². The van der Waals surface area contributed by atoms with E-state index in [0.717, 1.165) is 32.5 Å². The predicted octanol–water partition coefficient (Wildman–Crippen LogP) is 4.19. The van der Waals surface area contributed by atoms with E-state index < -0.39 is 5.82 Å². The number of aromatic nitrogens is 1. The molecule has 10 heteroatoms. The first-order valence-electron chi connectivity index (χ1n) is 12.9. The standard InChI is InChI=1S/C27H40FN5O3S/c1-6-32(7-2)14-8-9-20(5)29-24(34)15-23-18-37-27(30-23)31-25(35)17-33(16-19(3)4)26(36)21-10-12-22(28)13-11-21/h10-13,18-20H,6-9,14-17H2,1-5H3,(H,29,34)(H,30,31,35). The van der Waals surface area contributed by atoms with Gasteiger partial charge in [-0.2, -0.15) is 0 Å². The lowest BCUT2D eigenvalue weighted by Crippen LogP contribution is -2.40. The zero-order valence-corrected chi connectivity index (χ0v) is 23.4. The molecule has 0 radical (unpaired) electrons. The maximum Gasteiger partial charge on any atom is 0.254 e. The highest BCUT2D eigenvalue weighted by Gasteiger charge is 2.21. The molecule has 0 fully saturated rings. The smallest absolute Gasteiger partial charge is 0.254 e. The van der Waals surface area contributed by atoms with E-state index in [1.807, 2.05) is 20.8 Å². The third-order valence-corrected chi connectivity index (χ3v) is 6.66. The fourth-order valence-electron chi connectivity index (χ4n) is 3.94. The van der Waals surface area contributed by atoms with Crippen molar-refractivity contribution in [3.05, 3.63) is 46.7 Å². The minimum atomic E-state index is -0.428. The molecule has 1 heterocycles. The van der Waals surface area contributed by atoms with Gasteiger partial charge in [0.05, 0.1) is 12.1 Å². The topological polar surface area (TPSA) is 94.6 Å². The third-order valence-electron chi connectivity index (χ3n) is 5.85. The summed E-state index contributed by atoms with van der Waals surface area (Å²) in [7, 11) is 0. The zero-order chi connectivity index (χ0) is 27.4. The Morgan fingerprint density at radius 1 is 1.05 bits per heavy atom. The molecule has 0 bridgehead atoms. The lowest BCUT2D eigenvalue weighted by atomic mass is 10.1. The Morgan fingerprint density at radius 2 is 1.73 bits per heavy atom. The number of carbonyl (C=O) groups excluding carboxylic acids is 3. The van der Waals surface area contributed by atoms with Crippen LogP contribution in [0.2, 0.25) is 0 Å². The summed E-state index contributed by atoms with van der Waals surface area (Å²) in [6.07, 6.45) is 2.06. The van der Waals surface area contributed by atoms with Crippen LogP contribution in [0.5, 0.6) is 0 Å². The molecule has 2 N–H and O–H groups in total. The lowest BCUT2D eigenvalue weighted by Gasteiger charge is -2.24. The number of nitrogens with zero attached hydrogens (tertiary/aromatic N) is 3. The van der Waals surface area contributed by atoms with Crippen LogP contribution in [0.1, 0.15) is 63.5 Å². The van der Waals surface area contributed by atoms with Crippen LogP contribution >= 0.6 is 11.3 Å². The van der Waals surface area contributed by atoms with Crippen LogP contribution in [0.3, 0.4) is 0 Å². The molecular formula is C27H40FN5O3S. The van der Waals surface area contributed by atoms with E-state index in [9.17, 15) is 18.8 Å². The highest BCUT2D eigenvalue weighted by atomic mass is 32.1. The van der Waals surface area contributed by atoms with Gasteiger partial charge >= 0.3 is 0 Å². The van der Waals surface area contributed by atoms with Gasteiger partial charge in [-0.25, -0.2) is 9.37 Å². The molecule has 0 saturated carbocycles. The van der Waals surface area contributed by atoms with Crippen LogP contribution in [-0.2, 0) is 16.0 Å². The molecule has 2 aromatic rings. The van der Waals surface area contributed by atoms with Gasteiger partial charge in [0.1, 0.15) is 12.4 Å². The van der Waals surface area contributed by atoms with Gasteiger partial charge in [-0.3, -0.25) is 14.4 Å². The normalized spacial score (nSPS) is 12.0. The highest BCUT2D eigenvalue weighted by molar-refractivity contribution is 7.13. The van der Waals surface area contributed by atoms with Crippen molar-refractivity contribution in [3.63, 3.8) is 0 Å². The summed E-state index contributed by atoms with van der Waals surface area (Å²) in [5, 5.41) is 7.86. The number of rotatable bonds is 15. The first kappa shape index (κ1) is 30.4. The number of halogens is 1. The first-order valence-corrected chi connectivity index (χ1v) is 13.8. The second-order valence-corrected chi connectivity index (χ2v) is 10.5. The lowest BCUT2D eigenvalue weighted by molar-refractivity contribution is -0.121. The van der Waals surface area contributed by atoms with Crippen LogP contribution in [0.25, 0.3) is 0 Å². The summed E-state index contributed by atoms with van der Waals surface area (Å²) < 4.78 is 13.2. The average molecular weight is 534 g/mol. The van der Waals surface area contributed by atoms with Crippen LogP contribution in [0, 0.1) is 11.7 Å². The van der Waals surface area contributed by atoms with Gasteiger partial charge in [0, 0.05) is 23.5 Å². The summed E-state index contributed by atoms with van der Waals surface area (Å²) >= 11 is 1.23. The molecule has 1 aromatic heterocycles. The maximum atomic E-state index is 13.2. The number of hydrogen-bond acceptors (Lipinski definition) is 6. The number of amides is 3. The highest BCUT2D eigenvalue weighted by Crippen LogP contribution is 2.17. The molecule has 0 aliphatic carbocycles. The van der Waals surface area contributed by atoms with Gasteiger partial charge in [-0.05, 0) is 69.6 Å². The van der Waals surface area contributed by atoms with Gasteiger partial charge in [-0.15, -0.1) is 11.3 Å². The molecule has 204 valence electrons. The van der Waals surface area contributed by atoms with Crippen LogP contribution in [-0.4, -0.2) is 71.3 Å². The molecule has 1 aromatic carbocycles. The molecule has 3 amide bonds. The van der Waals surface area contributed by atoms with Crippen molar-refractivity contribution in [2.75, 3.05) is 38.0 Å². The summed E-state index contributed by atoms with van der Waals surface area (Å²) in [4.78, 5) is 46.2. The van der Waals surface area contributed by atoms with Crippen LogP contribution < -0.4 is 10.6 Å². The largest absolute Gasteiger partial charge is 0.353 e. The summed E-state index contributed by atoms with van der Waals surface area (Å²) in [5.74, 6) is -1.12. The monoisotopic (exact) mass is 533 g/mol. The molecule has 0 saturated heterocycles. The number of benzene rings is 1. The number of carbonyl (C=O) groups is 3. The summed E-state index contributed by atoms with van der Waals surface area (Å²) in [6, 6.07) is 5.34. The minimum Gasteiger partial charge on any atom is -0.353 e. The van der Waals surface area contributed by atoms with E-state index in [1.165, 1.54) is 40.5 Å². The van der Waals surface area contributed by atoms with Gasteiger partial charge in [0.15, 0.2) is 5.13 Å². The Balaban J connectivity index is 1.86. The Bertz CT molecular complexity index is 1010. The number of thiazole rings is 1. The molecule has 8 nitrogen and oxygen atoms in total. The third kappa shape index (κ3) is 11.0. The Hall–Kier alpha value is -2.85. The quantitative estimate of drug-likeness (QED) is 0.358.